The summed E-state index contributed by atoms with van der Waals surface area (Å²) in [5.74, 6) is 2.00. The van der Waals surface area contributed by atoms with Crippen LogP contribution >= 0.6 is 0 Å². The van der Waals surface area contributed by atoms with Gasteiger partial charge in [0.15, 0.2) is 5.96 Å². The summed E-state index contributed by atoms with van der Waals surface area (Å²) in [6.07, 6.45) is 3.54. The van der Waals surface area contributed by atoms with E-state index in [1.165, 1.54) is 5.56 Å². The molecule has 1 aromatic carbocycles. The molecule has 0 saturated carbocycles. The summed E-state index contributed by atoms with van der Waals surface area (Å²) >= 11 is 0. The fourth-order valence-electron chi connectivity index (χ4n) is 2.85. The van der Waals surface area contributed by atoms with Gasteiger partial charge in [0.2, 0.25) is 5.91 Å². The van der Waals surface area contributed by atoms with Crippen LogP contribution in [0.15, 0.2) is 29.3 Å². The predicted molar refractivity (Wildman–Crippen MR) is 101 cm³/mol. The fourth-order valence-corrected chi connectivity index (χ4v) is 2.85. The maximum Gasteiger partial charge on any atom is 0.222 e. The third-order valence-electron chi connectivity index (χ3n) is 4.24. The van der Waals surface area contributed by atoms with Gasteiger partial charge in [0, 0.05) is 39.1 Å². The molecule has 0 aromatic heterocycles. The Morgan fingerprint density at radius 3 is 2.72 bits per heavy atom. The lowest BCUT2D eigenvalue weighted by molar-refractivity contribution is -0.127. The highest BCUT2D eigenvalue weighted by Crippen LogP contribution is 2.11. The van der Waals surface area contributed by atoms with Crippen LogP contribution in [0, 0.1) is 0 Å². The Morgan fingerprint density at radius 2 is 2.08 bits per heavy atom. The first-order chi connectivity index (χ1) is 12.2. The summed E-state index contributed by atoms with van der Waals surface area (Å²) in [5, 5.41) is 6.62. The number of hydrogen-bond donors (Lipinski definition) is 2. The van der Waals surface area contributed by atoms with Crippen molar-refractivity contribution >= 4 is 11.9 Å². The van der Waals surface area contributed by atoms with E-state index < -0.39 is 0 Å². The monoisotopic (exact) mass is 346 g/mol. The molecule has 1 heterocycles. The van der Waals surface area contributed by atoms with E-state index in [-0.39, 0.29) is 5.91 Å². The zero-order chi connectivity index (χ0) is 17.9. The number of likely N-dealkylation sites (tertiary alicyclic amines) is 1. The standard InChI is InChI=1S/C19H30N4O2/c1-3-20-19(21-12-5-15-23-14-4-6-18(23)24)22-13-11-16-7-9-17(25-2)10-8-16/h7-10H,3-6,11-15H2,1-2H3,(H2,20,21,22). The molecule has 25 heavy (non-hydrogen) atoms. The van der Waals surface area contributed by atoms with Gasteiger partial charge >= 0.3 is 0 Å². The maximum atomic E-state index is 11.6. The molecule has 1 aromatic rings. The van der Waals surface area contributed by atoms with Crippen molar-refractivity contribution in [2.45, 2.75) is 32.6 Å². The topological polar surface area (TPSA) is 66.0 Å². The molecule has 2 N–H and O–H groups in total. The Bertz CT molecular complexity index is 557. The Hall–Kier alpha value is -2.24. The summed E-state index contributed by atoms with van der Waals surface area (Å²) in [6, 6.07) is 8.12. The van der Waals surface area contributed by atoms with Crippen LogP contribution < -0.4 is 15.4 Å². The number of rotatable bonds is 9. The minimum atomic E-state index is 0.286. The van der Waals surface area contributed by atoms with Crippen molar-refractivity contribution in [3.05, 3.63) is 29.8 Å². The number of carbonyl (C=O) groups is 1. The van der Waals surface area contributed by atoms with E-state index in [1.807, 2.05) is 17.0 Å². The van der Waals surface area contributed by atoms with Crippen LogP contribution in [0.4, 0.5) is 0 Å². The van der Waals surface area contributed by atoms with E-state index in [1.54, 1.807) is 7.11 Å². The van der Waals surface area contributed by atoms with E-state index in [4.69, 9.17) is 4.74 Å². The van der Waals surface area contributed by atoms with E-state index in [9.17, 15) is 4.79 Å². The van der Waals surface area contributed by atoms with Crippen LogP contribution in [0.2, 0.25) is 0 Å². The van der Waals surface area contributed by atoms with Crippen LogP contribution in [0.1, 0.15) is 31.7 Å². The van der Waals surface area contributed by atoms with Crippen molar-refractivity contribution < 1.29 is 9.53 Å². The number of carbonyl (C=O) groups excluding carboxylic acids is 1. The average Bonchev–Trinajstić information content (AvgIpc) is 3.04. The molecule has 1 saturated heterocycles. The molecule has 0 spiro atoms. The zero-order valence-corrected chi connectivity index (χ0v) is 15.4. The van der Waals surface area contributed by atoms with Gasteiger partial charge in [-0.05, 0) is 43.9 Å². The third-order valence-corrected chi connectivity index (χ3v) is 4.24. The highest BCUT2D eigenvalue weighted by Gasteiger charge is 2.18. The maximum absolute atomic E-state index is 11.6. The van der Waals surface area contributed by atoms with E-state index in [0.29, 0.717) is 6.42 Å². The van der Waals surface area contributed by atoms with Crippen molar-refractivity contribution in [1.82, 2.24) is 15.5 Å². The smallest absolute Gasteiger partial charge is 0.222 e. The molecule has 0 atom stereocenters. The molecule has 6 heteroatoms. The highest BCUT2D eigenvalue weighted by molar-refractivity contribution is 5.79. The van der Waals surface area contributed by atoms with Crippen LogP contribution in [-0.2, 0) is 11.2 Å². The van der Waals surface area contributed by atoms with Crippen molar-refractivity contribution in [3.8, 4) is 5.75 Å². The Morgan fingerprint density at radius 1 is 1.28 bits per heavy atom. The van der Waals surface area contributed by atoms with Crippen molar-refractivity contribution in [3.63, 3.8) is 0 Å². The van der Waals surface area contributed by atoms with Crippen LogP contribution in [-0.4, -0.2) is 56.6 Å². The number of aliphatic imine (C=N–C) groups is 1. The largest absolute Gasteiger partial charge is 0.497 e. The average molecular weight is 346 g/mol. The molecule has 6 nitrogen and oxygen atoms in total. The van der Waals surface area contributed by atoms with Crippen molar-refractivity contribution in [1.29, 1.82) is 0 Å². The van der Waals surface area contributed by atoms with Gasteiger partial charge < -0.3 is 20.3 Å². The van der Waals surface area contributed by atoms with Crippen molar-refractivity contribution in [2.24, 2.45) is 4.99 Å². The second kappa shape index (κ2) is 10.6. The number of guanidine groups is 1. The SMILES string of the molecule is CCNC(=NCCCN1CCCC1=O)NCCc1ccc(OC)cc1. The predicted octanol–water partition coefficient (Wildman–Crippen LogP) is 1.81. The summed E-state index contributed by atoms with van der Waals surface area (Å²) in [6.45, 7) is 6.16. The van der Waals surface area contributed by atoms with Gasteiger partial charge in [-0.3, -0.25) is 9.79 Å². The minimum Gasteiger partial charge on any atom is -0.497 e. The van der Waals surface area contributed by atoms with Crippen LogP contribution in [0.5, 0.6) is 5.75 Å². The molecule has 1 fully saturated rings. The number of nitrogens with one attached hydrogen (secondary N) is 2. The van der Waals surface area contributed by atoms with Gasteiger partial charge in [-0.15, -0.1) is 0 Å². The summed E-state index contributed by atoms with van der Waals surface area (Å²) in [5.41, 5.74) is 1.26. The molecular weight excluding hydrogens is 316 g/mol. The summed E-state index contributed by atoms with van der Waals surface area (Å²) in [4.78, 5) is 18.1. The highest BCUT2D eigenvalue weighted by atomic mass is 16.5. The lowest BCUT2D eigenvalue weighted by Crippen LogP contribution is -2.38. The molecule has 1 amide bonds. The van der Waals surface area contributed by atoms with Gasteiger partial charge in [0.25, 0.3) is 0 Å². The molecular formula is C19H30N4O2. The lowest BCUT2D eigenvalue weighted by atomic mass is 10.1. The molecule has 2 rings (SSSR count). The van der Waals surface area contributed by atoms with E-state index in [2.05, 4.69) is 34.7 Å². The van der Waals surface area contributed by atoms with Gasteiger partial charge in [0.05, 0.1) is 7.11 Å². The number of amides is 1. The molecule has 1 aliphatic heterocycles. The molecule has 0 aliphatic carbocycles. The number of methoxy groups -OCH3 is 1. The first-order valence-electron chi connectivity index (χ1n) is 9.16. The second-order valence-electron chi connectivity index (χ2n) is 6.12. The lowest BCUT2D eigenvalue weighted by Gasteiger charge is -2.15. The number of benzene rings is 1. The van der Waals surface area contributed by atoms with Crippen LogP contribution in [0.3, 0.4) is 0 Å². The molecule has 0 unspecified atom stereocenters. The number of ether oxygens (including phenoxy) is 1. The molecule has 0 radical (unpaired) electrons. The Balaban J connectivity index is 1.70. The van der Waals surface area contributed by atoms with Crippen LogP contribution in [0.25, 0.3) is 0 Å². The number of nitrogens with zero attached hydrogens (tertiary/aromatic N) is 2. The first-order valence-corrected chi connectivity index (χ1v) is 9.16. The Kier molecular flexibility index (Phi) is 8.09. The van der Waals surface area contributed by atoms with E-state index in [0.717, 1.165) is 63.7 Å². The quantitative estimate of drug-likeness (QED) is 0.407. The van der Waals surface area contributed by atoms with Gasteiger partial charge in [-0.2, -0.15) is 0 Å². The van der Waals surface area contributed by atoms with Crippen molar-refractivity contribution in [2.75, 3.05) is 39.8 Å². The van der Waals surface area contributed by atoms with Gasteiger partial charge in [-0.25, -0.2) is 0 Å². The Labute approximate surface area is 150 Å². The normalized spacial score (nSPS) is 14.7. The number of hydrogen-bond acceptors (Lipinski definition) is 3. The summed E-state index contributed by atoms with van der Waals surface area (Å²) in [7, 11) is 1.68. The second-order valence-corrected chi connectivity index (χ2v) is 6.12. The van der Waals surface area contributed by atoms with Gasteiger partial charge in [0.1, 0.15) is 5.75 Å². The zero-order valence-electron chi connectivity index (χ0n) is 15.4. The minimum absolute atomic E-state index is 0.286. The van der Waals surface area contributed by atoms with Gasteiger partial charge in [-0.1, -0.05) is 12.1 Å². The molecule has 1 aliphatic rings. The third kappa shape index (κ3) is 6.64. The molecule has 138 valence electrons. The first kappa shape index (κ1) is 19.1. The fraction of sp³-hybridized carbons (Fsp3) is 0.579. The summed E-state index contributed by atoms with van der Waals surface area (Å²) < 4.78 is 5.17. The van der Waals surface area contributed by atoms with E-state index >= 15 is 0 Å². The molecule has 0 bridgehead atoms.